The van der Waals surface area contributed by atoms with Crippen LogP contribution >= 0.6 is 0 Å². The molecule has 0 fully saturated rings. The fourth-order valence-electron chi connectivity index (χ4n) is 2.28. The molecule has 1 rings (SSSR count). The second kappa shape index (κ2) is 11.1. The van der Waals surface area contributed by atoms with Gasteiger partial charge in [-0.15, -0.1) is 0 Å². The van der Waals surface area contributed by atoms with Crippen molar-refractivity contribution in [2.45, 2.75) is 40.0 Å². The van der Waals surface area contributed by atoms with Gasteiger partial charge in [0.1, 0.15) is 0 Å². The minimum atomic E-state index is -3.11. The second-order valence-electron chi connectivity index (χ2n) is 6.11. The monoisotopic (exact) mass is 368 g/mol. The molecule has 25 heavy (non-hydrogen) atoms. The first kappa shape index (κ1) is 21.4. The number of aliphatic imine (C=N–C) groups is 1. The highest BCUT2D eigenvalue weighted by Crippen LogP contribution is 2.16. The Kier molecular flexibility index (Phi) is 9.52. The number of rotatable bonds is 10. The van der Waals surface area contributed by atoms with Gasteiger partial charge in [0.25, 0.3) is 0 Å². The fraction of sp³-hybridized carbons (Fsp3) is 0.611. The number of aryl methyl sites for hydroxylation is 1. The number of nitrogens with one attached hydrogen (secondary N) is 3. The summed E-state index contributed by atoms with van der Waals surface area (Å²) in [7, 11) is -3.11. The summed E-state index contributed by atoms with van der Waals surface area (Å²) in [6, 6.07) is 8.50. The average molecular weight is 369 g/mol. The van der Waals surface area contributed by atoms with Crippen LogP contribution in [0.25, 0.3) is 0 Å². The van der Waals surface area contributed by atoms with Crippen LogP contribution < -0.4 is 15.4 Å². The van der Waals surface area contributed by atoms with Crippen LogP contribution in [-0.4, -0.2) is 46.3 Å². The Morgan fingerprint density at radius 3 is 2.60 bits per heavy atom. The van der Waals surface area contributed by atoms with E-state index < -0.39 is 10.0 Å². The quantitative estimate of drug-likeness (QED) is 0.335. The summed E-state index contributed by atoms with van der Waals surface area (Å²) in [6.07, 6.45) is 0.705. The normalized spacial score (nSPS) is 13.5. The molecule has 1 aromatic rings. The van der Waals surface area contributed by atoms with Gasteiger partial charge in [0.05, 0.1) is 5.75 Å². The zero-order valence-electron chi connectivity index (χ0n) is 15.8. The van der Waals surface area contributed by atoms with Crippen molar-refractivity contribution < 1.29 is 8.42 Å². The lowest BCUT2D eigenvalue weighted by atomic mass is 10.00. The molecule has 1 aromatic carbocycles. The predicted molar refractivity (Wildman–Crippen MR) is 106 cm³/mol. The van der Waals surface area contributed by atoms with Crippen molar-refractivity contribution in [2.75, 3.05) is 31.9 Å². The van der Waals surface area contributed by atoms with Crippen molar-refractivity contribution in [2.24, 2.45) is 4.99 Å². The molecule has 0 aromatic heterocycles. The lowest BCUT2D eigenvalue weighted by Gasteiger charge is -2.14. The molecule has 1 atom stereocenters. The number of hydrogen-bond donors (Lipinski definition) is 3. The van der Waals surface area contributed by atoms with Gasteiger partial charge in [0, 0.05) is 32.1 Å². The van der Waals surface area contributed by atoms with Gasteiger partial charge in [0.2, 0.25) is 10.0 Å². The maximum atomic E-state index is 11.4. The molecular weight excluding hydrogens is 336 g/mol. The molecule has 0 saturated heterocycles. The van der Waals surface area contributed by atoms with Gasteiger partial charge in [-0.3, -0.25) is 4.99 Å². The average Bonchev–Trinajstić information content (AvgIpc) is 2.58. The Bertz CT molecular complexity index is 644. The van der Waals surface area contributed by atoms with Gasteiger partial charge < -0.3 is 10.6 Å². The number of sulfonamides is 1. The molecule has 0 radical (unpaired) electrons. The maximum Gasteiger partial charge on any atom is 0.211 e. The first-order valence-corrected chi connectivity index (χ1v) is 10.6. The van der Waals surface area contributed by atoms with Crippen LogP contribution in [0.2, 0.25) is 0 Å². The van der Waals surface area contributed by atoms with E-state index in [2.05, 4.69) is 58.5 Å². The van der Waals surface area contributed by atoms with E-state index in [1.54, 1.807) is 6.92 Å². The van der Waals surface area contributed by atoms with Crippen LogP contribution in [-0.2, 0) is 10.0 Å². The van der Waals surface area contributed by atoms with Crippen LogP contribution in [0.15, 0.2) is 29.3 Å². The smallest absolute Gasteiger partial charge is 0.211 e. The third kappa shape index (κ3) is 8.88. The Morgan fingerprint density at radius 2 is 1.96 bits per heavy atom. The van der Waals surface area contributed by atoms with Gasteiger partial charge in [-0.1, -0.05) is 36.8 Å². The summed E-state index contributed by atoms with van der Waals surface area (Å²) < 4.78 is 25.3. The molecular formula is C18H32N4O2S. The highest BCUT2D eigenvalue weighted by atomic mass is 32.2. The van der Waals surface area contributed by atoms with Gasteiger partial charge in [-0.25, -0.2) is 13.1 Å². The largest absolute Gasteiger partial charge is 0.357 e. The molecule has 0 aliphatic rings. The van der Waals surface area contributed by atoms with E-state index in [0.717, 1.165) is 12.5 Å². The maximum absolute atomic E-state index is 11.4. The van der Waals surface area contributed by atoms with Crippen LogP contribution in [0.5, 0.6) is 0 Å². The van der Waals surface area contributed by atoms with Crippen molar-refractivity contribution in [1.29, 1.82) is 0 Å². The number of guanidine groups is 1. The van der Waals surface area contributed by atoms with Crippen molar-refractivity contribution in [1.82, 2.24) is 15.4 Å². The Morgan fingerprint density at radius 1 is 1.20 bits per heavy atom. The van der Waals surface area contributed by atoms with Crippen LogP contribution in [0.4, 0.5) is 0 Å². The van der Waals surface area contributed by atoms with Crippen molar-refractivity contribution >= 4 is 16.0 Å². The first-order valence-electron chi connectivity index (χ1n) is 8.94. The Labute approximate surface area is 152 Å². The molecule has 0 amide bonds. The van der Waals surface area contributed by atoms with Crippen molar-refractivity contribution in [3.8, 4) is 0 Å². The summed E-state index contributed by atoms with van der Waals surface area (Å²) in [5, 5.41) is 6.47. The topological polar surface area (TPSA) is 82.6 Å². The fourth-order valence-corrected chi connectivity index (χ4v) is 2.94. The van der Waals surface area contributed by atoms with Gasteiger partial charge in [0.15, 0.2) is 5.96 Å². The van der Waals surface area contributed by atoms with E-state index in [-0.39, 0.29) is 5.75 Å². The molecule has 0 heterocycles. The molecule has 142 valence electrons. The van der Waals surface area contributed by atoms with E-state index >= 15 is 0 Å². The van der Waals surface area contributed by atoms with Gasteiger partial charge >= 0.3 is 0 Å². The third-order valence-corrected chi connectivity index (χ3v) is 5.23. The zero-order valence-corrected chi connectivity index (χ0v) is 16.6. The number of benzene rings is 1. The van der Waals surface area contributed by atoms with Crippen LogP contribution in [0.1, 0.15) is 44.2 Å². The van der Waals surface area contributed by atoms with E-state index in [9.17, 15) is 8.42 Å². The molecule has 0 aliphatic carbocycles. The lowest BCUT2D eigenvalue weighted by molar-refractivity contribution is 0.579. The zero-order chi connectivity index (χ0) is 18.7. The molecule has 0 saturated carbocycles. The third-order valence-electron chi connectivity index (χ3n) is 3.83. The molecule has 1 unspecified atom stereocenters. The summed E-state index contributed by atoms with van der Waals surface area (Å²) in [5.74, 6) is 1.22. The van der Waals surface area contributed by atoms with E-state index in [1.807, 2.05) is 6.92 Å². The molecule has 0 bridgehead atoms. The van der Waals surface area contributed by atoms with E-state index in [1.165, 1.54) is 11.1 Å². The van der Waals surface area contributed by atoms with E-state index in [4.69, 9.17) is 0 Å². The van der Waals surface area contributed by atoms with Crippen LogP contribution in [0.3, 0.4) is 0 Å². The molecule has 0 spiro atoms. The highest BCUT2D eigenvalue weighted by molar-refractivity contribution is 7.89. The first-order chi connectivity index (χ1) is 11.9. The number of nitrogens with zero attached hydrogens (tertiary/aromatic N) is 1. The molecule has 6 nitrogen and oxygen atoms in total. The van der Waals surface area contributed by atoms with Crippen molar-refractivity contribution in [3.63, 3.8) is 0 Å². The Hall–Kier alpha value is -1.60. The summed E-state index contributed by atoms with van der Waals surface area (Å²) in [5.41, 5.74) is 2.54. The van der Waals surface area contributed by atoms with Crippen LogP contribution in [0, 0.1) is 6.92 Å². The van der Waals surface area contributed by atoms with Gasteiger partial charge in [-0.05, 0) is 32.8 Å². The molecule has 3 N–H and O–H groups in total. The van der Waals surface area contributed by atoms with E-state index in [0.29, 0.717) is 32.0 Å². The SMILES string of the molecule is CCNC(=NCC(C)c1cccc(C)c1)NCCCNS(=O)(=O)CC. The second-order valence-corrected chi connectivity index (χ2v) is 8.21. The highest BCUT2D eigenvalue weighted by Gasteiger charge is 2.07. The predicted octanol–water partition coefficient (Wildman–Crippen LogP) is 1.98. The van der Waals surface area contributed by atoms with Crippen molar-refractivity contribution in [3.05, 3.63) is 35.4 Å². The Balaban J connectivity index is 2.45. The summed E-state index contributed by atoms with van der Waals surface area (Å²) in [6.45, 7) is 10.5. The summed E-state index contributed by atoms with van der Waals surface area (Å²) in [4.78, 5) is 4.64. The lowest BCUT2D eigenvalue weighted by Crippen LogP contribution is -2.39. The standard InChI is InChI=1S/C18H32N4O2S/c1-5-19-18(20-11-8-12-22-25(23,24)6-2)21-14-16(4)17-10-7-9-15(3)13-17/h7,9-10,13,16,22H,5-6,8,11-12,14H2,1-4H3,(H2,19,20,21). The number of hydrogen-bond acceptors (Lipinski definition) is 3. The molecule has 7 heteroatoms. The minimum absolute atomic E-state index is 0.112. The minimum Gasteiger partial charge on any atom is -0.357 e. The molecule has 0 aliphatic heterocycles. The van der Waals surface area contributed by atoms with Gasteiger partial charge in [-0.2, -0.15) is 0 Å². The summed E-state index contributed by atoms with van der Waals surface area (Å²) >= 11 is 0.